The Morgan fingerprint density at radius 2 is 2.00 bits per heavy atom. The van der Waals surface area contributed by atoms with Gasteiger partial charge in [-0.2, -0.15) is 0 Å². The molecule has 4 heteroatoms. The van der Waals surface area contributed by atoms with Crippen LogP contribution in [-0.2, 0) is 11.1 Å². The summed E-state index contributed by atoms with van der Waals surface area (Å²) in [5.74, 6) is 0.327. The van der Waals surface area contributed by atoms with Crippen LogP contribution in [0.2, 0.25) is 0 Å². The van der Waals surface area contributed by atoms with Gasteiger partial charge in [-0.1, -0.05) is 30.8 Å². The Balaban J connectivity index is 0. The molecule has 0 aromatic rings. The van der Waals surface area contributed by atoms with Crippen molar-refractivity contribution in [3.63, 3.8) is 0 Å². The first kappa shape index (κ1) is 13.3. The van der Waals surface area contributed by atoms with Crippen molar-refractivity contribution in [2.24, 2.45) is 0 Å². The average molecular weight is 174 g/mol. The number of hydrogen-bond acceptors (Lipinski definition) is 2. The zero-order valence-corrected chi connectivity index (χ0v) is 9.99. The third-order valence-corrected chi connectivity index (χ3v) is 1.54. The van der Waals surface area contributed by atoms with Gasteiger partial charge < -0.3 is 4.55 Å². The minimum atomic E-state index is -1.82. The molecule has 0 saturated heterocycles. The molecule has 0 saturated carbocycles. The summed E-state index contributed by atoms with van der Waals surface area (Å²) < 4.78 is 19.7. The molecule has 0 aliphatic heterocycles. The van der Waals surface area contributed by atoms with Gasteiger partial charge in [-0.25, -0.2) is 0 Å². The topological polar surface area (TPSA) is 40.1 Å². The van der Waals surface area contributed by atoms with Crippen LogP contribution in [0.25, 0.3) is 0 Å². The summed E-state index contributed by atoms with van der Waals surface area (Å²) in [6.45, 7) is 2.05. The Labute approximate surface area is 101 Å². The summed E-state index contributed by atoms with van der Waals surface area (Å²) in [5.41, 5.74) is 0. The summed E-state index contributed by atoms with van der Waals surface area (Å²) in [5, 5.41) is 0. The van der Waals surface area contributed by atoms with Gasteiger partial charge in [-0.3, -0.25) is 4.21 Å². The molecule has 0 heterocycles. The summed E-state index contributed by atoms with van der Waals surface area (Å²) in [7, 11) is 0. The van der Waals surface area contributed by atoms with Gasteiger partial charge in [0.15, 0.2) is 0 Å². The number of hydrogen-bond donors (Lipinski definition) is 0. The van der Waals surface area contributed by atoms with Crippen molar-refractivity contribution in [3.8, 4) is 0 Å². The Morgan fingerprint density at radius 1 is 1.44 bits per heavy atom. The molecule has 9 heavy (non-hydrogen) atoms. The fourth-order valence-corrected chi connectivity index (χ4v) is 0.910. The van der Waals surface area contributed by atoms with Crippen LogP contribution in [0.5, 0.6) is 0 Å². The predicted molar refractivity (Wildman–Crippen MR) is 33.3 cm³/mol. The molecule has 0 rings (SSSR count). The molecule has 0 aromatic carbocycles. The van der Waals surface area contributed by atoms with Crippen LogP contribution < -0.4 is 51.4 Å². The smallest absolute Gasteiger partial charge is 0.772 e. The SMILES string of the molecule is CCCCCS(=O)[O-].[K+]. The summed E-state index contributed by atoms with van der Waals surface area (Å²) in [6.07, 6.45) is 2.91. The molecule has 0 aliphatic carbocycles. The molecular formula is C5H11KO2S. The standard InChI is InChI=1S/C5H12O2S.K/c1-2-3-4-5-8(6)7;/h2-5H2,1H3,(H,6,7);/q;+1/p-1. The van der Waals surface area contributed by atoms with E-state index in [0.29, 0.717) is 5.75 Å². The van der Waals surface area contributed by atoms with Crippen molar-refractivity contribution in [2.75, 3.05) is 5.75 Å². The van der Waals surface area contributed by atoms with E-state index in [9.17, 15) is 8.76 Å². The van der Waals surface area contributed by atoms with E-state index >= 15 is 0 Å². The fraction of sp³-hybridized carbons (Fsp3) is 1.00. The zero-order chi connectivity index (χ0) is 6.41. The maximum Gasteiger partial charge on any atom is 1.00 e. The van der Waals surface area contributed by atoms with Crippen LogP contribution in [0.15, 0.2) is 0 Å². The van der Waals surface area contributed by atoms with Crippen LogP contribution in [-0.4, -0.2) is 14.5 Å². The van der Waals surface area contributed by atoms with Crippen molar-refractivity contribution in [1.29, 1.82) is 0 Å². The van der Waals surface area contributed by atoms with Gasteiger partial charge in [-0.05, 0) is 6.42 Å². The van der Waals surface area contributed by atoms with Gasteiger partial charge in [0.05, 0.1) is 0 Å². The van der Waals surface area contributed by atoms with Crippen molar-refractivity contribution in [2.45, 2.75) is 26.2 Å². The molecule has 0 aliphatic rings. The number of unbranched alkanes of at least 4 members (excludes halogenated alkanes) is 2. The Morgan fingerprint density at radius 3 is 2.33 bits per heavy atom. The van der Waals surface area contributed by atoms with Crippen LogP contribution in [0.4, 0.5) is 0 Å². The minimum absolute atomic E-state index is 0. The Hall–Kier alpha value is 1.75. The van der Waals surface area contributed by atoms with Crippen molar-refractivity contribution >= 4 is 11.1 Å². The van der Waals surface area contributed by atoms with Crippen LogP contribution in [0.3, 0.4) is 0 Å². The monoisotopic (exact) mass is 174 g/mol. The maximum absolute atomic E-state index is 9.87. The van der Waals surface area contributed by atoms with Crippen molar-refractivity contribution < 1.29 is 60.1 Å². The largest absolute Gasteiger partial charge is 1.00 e. The number of rotatable bonds is 4. The molecule has 50 valence electrons. The first-order valence-electron chi connectivity index (χ1n) is 2.83. The van der Waals surface area contributed by atoms with E-state index in [1.54, 1.807) is 0 Å². The first-order valence-corrected chi connectivity index (χ1v) is 4.07. The quantitative estimate of drug-likeness (QED) is 0.283. The van der Waals surface area contributed by atoms with Crippen LogP contribution in [0, 0.1) is 0 Å². The van der Waals surface area contributed by atoms with E-state index in [1.165, 1.54) is 0 Å². The summed E-state index contributed by atoms with van der Waals surface area (Å²) >= 11 is -1.82. The van der Waals surface area contributed by atoms with Gasteiger partial charge >= 0.3 is 51.4 Å². The maximum atomic E-state index is 9.87. The van der Waals surface area contributed by atoms with Crippen LogP contribution in [0.1, 0.15) is 26.2 Å². The van der Waals surface area contributed by atoms with Gasteiger partial charge in [0.1, 0.15) is 0 Å². The molecule has 0 radical (unpaired) electrons. The second-order valence-corrected chi connectivity index (χ2v) is 2.73. The van der Waals surface area contributed by atoms with Gasteiger partial charge in [0.25, 0.3) is 0 Å². The van der Waals surface area contributed by atoms with Crippen LogP contribution >= 0.6 is 0 Å². The van der Waals surface area contributed by atoms with Gasteiger partial charge in [0, 0.05) is 5.75 Å². The third kappa shape index (κ3) is 12.8. The molecule has 0 bridgehead atoms. The fourth-order valence-electron chi connectivity index (χ4n) is 0.470. The van der Waals surface area contributed by atoms with E-state index in [1.807, 2.05) is 6.92 Å². The first-order chi connectivity index (χ1) is 3.77. The predicted octanol–water partition coefficient (Wildman–Crippen LogP) is -1.94. The molecule has 0 amide bonds. The van der Waals surface area contributed by atoms with E-state index in [-0.39, 0.29) is 51.4 Å². The van der Waals surface area contributed by atoms with Crippen molar-refractivity contribution in [1.82, 2.24) is 0 Å². The molecule has 0 aromatic heterocycles. The van der Waals surface area contributed by atoms with E-state index in [0.717, 1.165) is 19.3 Å². The second-order valence-electron chi connectivity index (χ2n) is 1.71. The Bertz CT molecular complexity index is 77.4. The minimum Gasteiger partial charge on any atom is -0.772 e. The zero-order valence-electron chi connectivity index (χ0n) is 6.05. The normalized spacial score (nSPS) is 12.2. The molecule has 0 fully saturated rings. The van der Waals surface area contributed by atoms with Gasteiger partial charge in [-0.15, -0.1) is 0 Å². The molecule has 0 N–H and O–H groups in total. The molecule has 1 atom stereocenters. The van der Waals surface area contributed by atoms with Gasteiger partial charge in [0.2, 0.25) is 0 Å². The van der Waals surface area contributed by atoms with E-state index < -0.39 is 11.1 Å². The van der Waals surface area contributed by atoms with Crippen molar-refractivity contribution in [3.05, 3.63) is 0 Å². The molecular weight excluding hydrogens is 163 g/mol. The summed E-state index contributed by atoms with van der Waals surface area (Å²) in [4.78, 5) is 0. The molecule has 1 unspecified atom stereocenters. The average Bonchev–Trinajstić information content (AvgIpc) is 1.66. The Kier molecular flexibility index (Phi) is 14.5. The second kappa shape index (κ2) is 9.75. The summed E-state index contributed by atoms with van der Waals surface area (Å²) in [6, 6.07) is 0. The van der Waals surface area contributed by atoms with E-state index in [2.05, 4.69) is 0 Å². The molecule has 0 spiro atoms. The third-order valence-electron chi connectivity index (χ3n) is 0.915. The molecule has 2 nitrogen and oxygen atoms in total. The van der Waals surface area contributed by atoms with E-state index in [4.69, 9.17) is 0 Å².